The first-order valence-corrected chi connectivity index (χ1v) is 5.11. The van der Waals surface area contributed by atoms with E-state index in [2.05, 4.69) is 20.5 Å². The van der Waals surface area contributed by atoms with E-state index in [0.717, 1.165) is 16.6 Å². The van der Waals surface area contributed by atoms with Crippen LogP contribution in [-0.4, -0.2) is 21.1 Å². The van der Waals surface area contributed by atoms with Crippen molar-refractivity contribution in [1.82, 2.24) is 15.2 Å². The zero-order valence-electron chi connectivity index (χ0n) is 9.53. The summed E-state index contributed by atoms with van der Waals surface area (Å²) in [5.74, 6) is 0.0473. The monoisotopic (exact) mass is 229 g/mol. The first-order chi connectivity index (χ1) is 8.11. The van der Waals surface area contributed by atoms with E-state index >= 15 is 0 Å². The number of hydrogen-bond acceptors (Lipinski definition) is 4. The van der Waals surface area contributed by atoms with Gasteiger partial charge in [-0.1, -0.05) is 0 Å². The van der Waals surface area contributed by atoms with E-state index in [-0.39, 0.29) is 12.3 Å². The fourth-order valence-electron chi connectivity index (χ4n) is 1.72. The SMILES string of the molecule is Cc1cc(C)c2c(NC(=O)CC#N)n[nH]c2n1. The van der Waals surface area contributed by atoms with Crippen LogP contribution in [0.15, 0.2) is 6.07 Å². The summed E-state index contributed by atoms with van der Waals surface area (Å²) in [4.78, 5) is 15.6. The van der Waals surface area contributed by atoms with E-state index in [4.69, 9.17) is 5.26 Å². The maximum Gasteiger partial charge on any atom is 0.239 e. The first-order valence-electron chi connectivity index (χ1n) is 5.11. The molecule has 0 spiro atoms. The number of nitrogens with one attached hydrogen (secondary N) is 2. The number of nitrogens with zero attached hydrogens (tertiary/aromatic N) is 3. The number of aromatic nitrogens is 3. The predicted octanol–water partition coefficient (Wildman–Crippen LogP) is 1.43. The summed E-state index contributed by atoms with van der Waals surface area (Å²) in [6.07, 6.45) is -0.188. The van der Waals surface area contributed by atoms with Gasteiger partial charge >= 0.3 is 0 Å². The van der Waals surface area contributed by atoms with Gasteiger partial charge in [0.25, 0.3) is 0 Å². The Labute approximate surface area is 97.7 Å². The molecule has 6 heteroatoms. The molecule has 0 aromatic carbocycles. The second kappa shape index (κ2) is 4.22. The maximum atomic E-state index is 11.3. The minimum atomic E-state index is -0.374. The van der Waals surface area contributed by atoms with Crippen LogP contribution >= 0.6 is 0 Å². The van der Waals surface area contributed by atoms with Crippen LogP contribution in [0.25, 0.3) is 11.0 Å². The number of rotatable bonds is 2. The molecule has 2 heterocycles. The lowest BCUT2D eigenvalue weighted by Crippen LogP contribution is -2.10. The average Bonchev–Trinajstić information content (AvgIpc) is 2.61. The Morgan fingerprint density at radius 3 is 3.06 bits per heavy atom. The van der Waals surface area contributed by atoms with Crippen molar-refractivity contribution in [3.63, 3.8) is 0 Å². The van der Waals surface area contributed by atoms with Gasteiger partial charge in [0.15, 0.2) is 11.5 Å². The van der Waals surface area contributed by atoms with Gasteiger partial charge in [0, 0.05) is 5.69 Å². The van der Waals surface area contributed by atoms with E-state index < -0.39 is 0 Å². The summed E-state index contributed by atoms with van der Waals surface area (Å²) in [6.45, 7) is 3.81. The van der Waals surface area contributed by atoms with Gasteiger partial charge in [-0.05, 0) is 25.5 Å². The van der Waals surface area contributed by atoms with Crippen LogP contribution in [0.5, 0.6) is 0 Å². The molecule has 0 saturated heterocycles. The summed E-state index contributed by atoms with van der Waals surface area (Å²) < 4.78 is 0. The molecule has 17 heavy (non-hydrogen) atoms. The molecule has 0 saturated carbocycles. The number of aromatic amines is 1. The Hall–Kier alpha value is -2.42. The lowest BCUT2D eigenvalue weighted by atomic mass is 10.2. The normalized spacial score (nSPS) is 10.2. The Kier molecular flexibility index (Phi) is 2.75. The highest BCUT2D eigenvalue weighted by Crippen LogP contribution is 2.23. The molecule has 0 fully saturated rings. The Bertz CT molecular complexity index is 623. The molecule has 0 radical (unpaired) electrons. The van der Waals surface area contributed by atoms with E-state index in [1.165, 1.54) is 0 Å². The topological polar surface area (TPSA) is 94.5 Å². The standard InChI is InChI=1S/C11H11N5O/c1-6-5-7(2)13-10-9(6)11(16-15-10)14-8(17)3-4-12/h5H,3H2,1-2H3,(H2,13,14,15,16,17). The van der Waals surface area contributed by atoms with Crippen molar-refractivity contribution in [1.29, 1.82) is 5.26 Å². The van der Waals surface area contributed by atoms with Gasteiger partial charge in [0.05, 0.1) is 11.5 Å². The molecule has 0 atom stereocenters. The van der Waals surface area contributed by atoms with Crippen LogP contribution in [0.3, 0.4) is 0 Å². The third kappa shape index (κ3) is 2.08. The number of carbonyl (C=O) groups excluding carboxylic acids is 1. The molecule has 2 aromatic rings. The molecule has 0 bridgehead atoms. The number of anilines is 1. The second-order valence-corrected chi connectivity index (χ2v) is 3.76. The Morgan fingerprint density at radius 2 is 2.35 bits per heavy atom. The van der Waals surface area contributed by atoms with Gasteiger partial charge < -0.3 is 5.32 Å². The predicted molar refractivity (Wildman–Crippen MR) is 62.2 cm³/mol. The van der Waals surface area contributed by atoms with E-state index in [1.807, 2.05) is 19.9 Å². The van der Waals surface area contributed by atoms with Crippen LogP contribution in [0.1, 0.15) is 17.7 Å². The third-order valence-electron chi connectivity index (χ3n) is 2.35. The number of H-pyrrole nitrogens is 1. The lowest BCUT2D eigenvalue weighted by molar-refractivity contribution is -0.115. The summed E-state index contributed by atoms with van der Waals surface area (Å²) in [7, 11) is 0. The number of pyridine rings is 1. The van der Waals surface area contributed by atoms with Crippen molar-refractivity contribution in [2.24, 2.45) is 0 Å². The van der Waals surface area contributed by atoms with Crippen LogP contribution in [0.2, 0.25) is 0 Å². The van der Waals surface area contributed by atoms with E-state index in [1.54, 1.807) is 6.07 Å². The molecular formula is C11H11N5O. The van der Waals surface area contributed by atoms with Crippen LogP contribution < -0.4 is 5.32 Å². The van der Waals surface area contributed by atoms with Gasteiger partial charge in [-0.25, -0.2) is 4.98 Å². The van der Waals surface area contributed by atoms with Crippen molar-refractivity contribution < 1.29 is 4.79 Å². The Morgan fingerprint density at radius 1 is 1.59 bits per heavy atom. The smallest absolute Gasteiger partial charge is 0.239 e. The molecule has 2 N–H and O–H groups in total. The van der Waals surface area contributed by atoms with Crippen LogP contribution in [0.4, 0.5) is 5.82 Å². The molecule has 86 valence electrons. The number of amides is 1. The fraction of sp³-hybridized carbons (Fsp3) is 0.273. The summed E-state index contributed by atoms with van der Waals surface area (Å²) >= 11 is 0. The highest BCUT2D eigenvalue weighted by molar-refractivity contribution is 6.00. The summed E-state index contributed by atoms with van der Waals surface area (Å²) in [5, 5.41) is 18.5. The zero-order chi connectivity index (χ0) is 12.4. The van der Waals surface area contributed by atoms with Gasteiger partial charge in [-0.15, -0.1) is 0 Å². The van der Waals surface area contributed by atoms with Crippen molar-refractivity contribution in [2.75, 3.05) is 5.32 Å². The van der Waals surface area contributed by atoms with Crippen molar-refractivity contribution in [2.45, 2.75) is 20.3 Å². The largest absolute Gasteiger partial charge is 0.308 e. The molecule has 2 aromatic heterocycles. The molecule has 0 unspecified atom stereocenters. The van der Waals surface area contributed by atoms with Gasteiger partial charge in [-0.2, -0.15) is 10.4 Å². The third-order valence-corrected chi connectivity index (χ3v) is 2.35. The fourth-order valence-corrected chi connectivity index (χ4v) is 1.72. The first kappa shape index (κ1) is 11.1. The number of aryl methyl sites for hydroxylation is 2. The molecule has 2 rings (SSSR count). The molecular weight excluding hydrogens is 218 g/mol. The van der Waals surface area contributed by atoms with Crippen LogP contribution in [-0.2, 0) is 4.79 Å². The molecule has 0 aliphatic carbocycles. The summed E-state index contributed by atoms with van der Waals surface area (Å²) in [5.41, 5.74) is 2.50. The zero-order valence-corrected chi connectivity index (χ0v) is 9.53. The van der Waals surface area contributed by atoms with Crippen molar-refractivity contribution >= 4 is 22.8 Å². The minimum Gasteiger partial charge on any atom is -0.308 e. The number of fused-ring (bicyclic) bond motifs is 1. The molecule has 6 nitrogen and oxygen atoms in total. The lowest BCUT2D eigenvalue weighted by Gasteiger charge is -2.01. The van der Waals surface area contributed by atoms with Gasteiger partial charge in [0.2, 0.25) is 5.91 Å². The number of nitriles is 1. The second-order valence-electron chi connectivity index (χ2n) is 3.76. The average molecular weight is 229 g/mol. The van der Waals surface area contributed by atoms with Crippen molar-refractivity contribution in [3.05, 3.63) is 17.3 Å². The number of hydrogen-bond donors (Lipinski definition) is 2. The van der Waals surface area contributed by atoms with E-state index in [0.29, 0.717) is 11.5 Å². The van der Waals surface area contributed by atoms with Gasteiger partial charge in [-0.3, -0.25) is 9.89 Å². The van der Waals surface area contributed by atoms with Crippen LogP contribution in [0, 0.1) is 25.2 Å². The molecule has 0 aliphatic heterocycles. The maximum absolute atomic E-state index is 11.3. The molecule has 1 amide bonds. The van der Waals surface area contributed by atoms with Crippen molar-refractivity contribution in [3.8, 4) is 6.07 Å². The summed E-state index contributed by atoms with van der Waals surface area (Å²) in [6, 6.07) is 3.70. The highest BCUT2D eigenvalue weighted by Gasteiger charge is 2.12. The van der Waals surface area contributed by atoms with E-state index in [9.17, 15) is 4.79 Å². The quantitative estimate of drug-likeness (QED) is 0.814. The Balaban J connectivity index is 2.43. The minimum absolute atomic E-state index is 0.188. The molecule has 0 aliphatic rings. The van der Waals surface area contributed by atoms with Gasteiger partial charge in [0.1, 0.15) is 6.42 Å². The highest BCUT2D eigenvalue weighted by atomic mass is 16.1. The number of carbonyl (C=O) groups is 1.